The first kappa shape index (κ1) is 22.2. The Morgan fingerprint density at radius 1 is 1.12 bits per heavy atom. The minimum absolute atomic E-state index is 0.0744. The summed E-state index contributed by atoms with van der Waals surface area (Å²) in [6.07, 6.45) is 3.36. The van der Waals surface area contributed by atoms with Crippen LogP contribution in [0, 0.1) is 5.82 Å². The van der Waals surface area contributed by atoms with Gasteiger partial charge in [0.2, 0.25) is 0 Å². The molecule has 2 aliphatic heterocycles. The third kappa shape index (κ3) is 3.87. The Balaban J connectivity index is 1.34. The zero-order valence-corrected chi connectivity index (χ0v) is 19.7. The fourth-order valence-electron chi connectivity index (χ4n) is 5.73. The number of ether oxygens (including phenoxy) is 1. The largest absolute Gasteiger partial charge is 0.378 e. The summed E-state index contributed by atoms with van der Waals surface area (Å²) < 4.78 is 21.3. The number of urea groups is 1. The number of hydrogen-bond acceptors (Lipinski definition) is 5. The van der Waals surface area contributed by atoms with E-state index in [0.29, 0.717) is 19.8 Å². The van der Waals surface area contributed by atoms with E-state index in [1.54, 1.807) is 16.8 Å². The van der Waals surface area contributed by atoms with E-state index in [0.717, 1.165) is 56.0 Å². The fraction of sp³-hybridized carbons (Fsp3) is 0.583. The van der Waals surface area contributed by atoms with Crippen LogP contribution in [0.15, 0.2) is 30.3 Å². The molecule has 0 atom stereocenters. The van der Waals surface area contributed by atoms with E-state index in [1.165, 1.54) is 6.07 Å². The van der Waals surface area contributed by atoms with Gasteiger partial charge in [-0.1, -0.05) is 12.1 Å². The summed E-state index contributed by atoms with van der Waals surface area (Å²) in [6.45, 7) is 3.61. The average Bonchev–Trinajstić information content (AvgIpc) is 3.34. The molecule has 3 heterocycles. The molecule has 8 nitrogen and oxygen atoms in total. The van der Waals surface area contributed by atoms with Gasteiger partial charge in [-0.2, -0.15) is 5.10 Å². The highest BCUT2D eigenvalue weighted by molar-refractivity contribution is 5.95. The molecule has 9 heteroatoms. The molecule has 1 aromatic carbocycles. The summed E-state index contributed by atoms with van der Waals surface area (Å²) in [5.74, 6) is 1.48. The van der Waals surface area contributed by atoms with Crippen LogP contribution in [0.4, 0.5) is 20.8 Å². The summed E-state index contributed by atoms with van der Waals surface area (Å²) in [5, 5.41) is 7.96. The van der Waals surface area contributed by atoms with Gasteiger partial charge >= 0.3 is 6.03 Å². The lowest BCUT2D eigenvalue weighted by Crippen LogP contribution is -2.54. The summed E-state index contributed by atoms with van der Waals surface area (Å²) in [6, 6.07) is 8.88. The number of carbonyl (C=O) groups excluding carboxylic acids is 1. The molecule has 1 N–H and O–H groups in total. The molecule has 1 saturated carbocycles. The second kappa shape index (κ2) is 8.29. The number of aryl methyl sites for hydroxylation is 1. The van der Waals surface area contributed by atoms with Gasteiger partial charge in [0.15, 0.2) is 5.82 Å². The van der Waals surface area contributed by atoms with E-state index in [4.69, 9.17) is 4.74 Å². The Bertz CT molecular complexity index is 1020. The number of morpholine rings is 1. The predicted octanol–water partition coefficient (Wildman–Crippen LogP) is 2.70. The van der Waals surface area contributed by atoms with Crippen LogP contribution in [-0.2, 0) is 17.3 Å². The molecule has 1 spiro atoms. The molecule has 0 bridgehead atoms. The number of aromatic nitrogens is 2. The van der Waals surface area contributed by atoms with Gasteiger partial charge in [-0.3, -0.25) is 14.5 Å². The minimum Gasteiger partial charge on any atom is -0.378 e. The molecule has 2 aromatic rings. The molecule has 33 heavy (non-hydrogen) atoms. The van der Waals surface area contributed by atoms with Crippen LogP contribution < -0.4 is 15.1 Å². The Hall–Kier alpha value is -2.65. The van der Waals surface area contributed by atoms with Crippen molar-refractivity contribution in [1.29, 1.82) is 0 Å². The summed E-state index contributed by atoms with van der Waals surface area (Å²) in [4.78, 5) is 19.3. The van der Waals surface area contributed by atoms with Crippen molar-refractivity contribution >= 4 is 17.7 Å². The Morgan fingerprint density at radius 2 is 1.85 bits per heavy atom. The van der Waals surface area contributed by atoms with Gasteiger partial charge < -0.3 is 15.0 Å². The van der Waals surface area contributed by atoms with Crippen molar-refractivity contribution in [3.63, 3.8) is 0 Å². The summed E-state index contributed by atoms with van der Waals surface area (Å²) >= 11 is 0. The molecule has 3 aliphatic rings. The molecule has 0 radical (unpaired) electrons. The zero-order valence-electron chi connectivity index (χ0n) is 19.7. The number of amides is 2. The Morgan fingerprint density at radius 3 is 2.52 bits per heavy atom. The quantitative estimate of drug-likeness (QED) is 0.767. The van der Waals surface area contributed by atoms with E-state index >= 15 is 0 Å². The van der Waals surface area contributed by atoms with E-state index in [2.05, 4.69) is 34.3 Å². The summed E-state index contributed by atoms with van der Waals surface area (Å²) in [5.41, 5.74) is 0.486. The first-order valence-electron chi connectivity index (χ1n) is 11.7. The minimum atomic E-state index is -0.284. The predicted molar refractivity (Wildman–Crippen MR) is 125 cm³/mol. The maximum Gasteiger partial charge on any atom is 0.323 e. The molecule has 1 aromatic heterocycles. The highest BCUT2D eigenvalue weighted by Gasteiger charge is 2.50. The van der Waals surface area contributed by atoms with Crippen LogP contribution >= 0.6 is 0 Å². The highest BCUT2D eigenvalue weighted by atomic mass is 19.1. The van der Waals surface area contributed by atoms with Gasteiger partial charge in [-0.05, 0) is 57.5 Å². The molecule has 3 fully saturated rings. The second-order valence-electron chi connectivity index (χ2n) is 9.82. The number of nitrogens with zero attached hydrogens (tertiary/aromatic N) is 5. The summed E-state index contributed by atoms with van der Waals surface area (Å²) in [7, 11) is 6.01. The van der Waals surface area contributed by atoms with Gasteiger partial charge in [0.1, 0.15) is 11.6 Å². The van der Waals surface area contributed by atoms with E-state index in [1.807, 2.05) is 24.1 Å². The van der Waals surface area contributed by atoms with Gasteiger partial charge in [-0.15, -0.1) is 0 Å². The number of hydrogen-bond donors (Lipinski definition) is 1. The van der Waals surface area contributed by atoms with Crippen molar-refractivity contribution in [2.24, 2.45) is 7.05 Å². The van der Waals surface area contributed by atoms with Crippen LogP contribution in [0.25, 0.3) is 0 Å². The van der Waals surface area contributed by atoms with Crippen molar-refractivity contribution in [1.82, 2.24) is 20.0 Å². The fourth-order valence-corrected chi connectivity index (χ4v) is 5.73. The standard InChI is InChI=1S/C24H33FN6O2/c1-28(2)24(18-5-4-6-19(25)15-18)9-7-23(8-10-24)17-31(22(32)26-23)21-16-20(27-29(21)3)30-11-13-33-14-12-30/h4-6,15-16H,7-14,17H2,1-3H3,(H,26,32)/t23-,24-. The number of rotatable bonds is 4. The van der Waals surface area contributed by atoms with E-state index in [9.17, 15) is 9.18 Å². The van der Waals surface area contributed by atoms with Crippen LogP contribution in [-0.4, -0.2) is 73.2 Å². The molecule has 2 saturated heterocycles. The molecule has 178 valence electrons. The van der Waals surface area contributed by atoms with Crippen molar-refractivity contribution in [3.8, 4) is 0 Å². The van der Waals surface area contributed by atoms with Crippen LogP contribution in [0.3, 0.4) is 0 Å². The third-order valence-corrected chi connectivity index (χ3v) is 7.78. The molecule has 0 unspecified atom stereocenters. The molecular weight excluding hydrogens is 423 g/mol. The topological polar surface area (TPSA) is 65.9 Å². The Labute approximate surface area is 194 Å². The maximum atomic E-state index is 14.0. The van der Waals surface area contributed by atoms with Crippen LogP contribution in [0.1, 0.15) is 31.2 Å². The monoisotopic (exact) mass is 456 g/mol. The number of nitrogens with one attached hydrogen (secondary N) is 1. The molecule has 1 aliphatic carbocycles. The lowest BCUT2D eigenvalue weighted by atomic mass is 9.69. The third-order valence-electron chi connectivity index (χ3n) is 7.78. The number of carbonyl (C=O) groups is 1. The molecule has 5 rings (SSSR count). The van der Waals surface area contributed by atoms with Gasteiger partial charge in [0.25, 0.3) is 0 Å². The van der Waals surface area contributed by atoms with Gasteiger partial charge in [-0.25, -0.2) is 9.18 Å². The van der Waals surface area contributed by atoms with Crippen LogP contribution in [0.5, 0.6) is 0 Å². The highest BCUT2D eigenvalue weighted by Crippen LogP contribution is 2.46. The van der Waals surface area contributed by atoms with Gasteiger partial charge in [0, 0.05) is 31.7 Å². The SMILES string of the molecule is Cn1nc(N2CCOCC2)cc1N1C[C@]2(CC[C@@](c3cccc(F)c3)(N(C)C)CC2)NC1=O. The number of benzene rings is 1. The molecular formula is C24H33FN6O2. The normalized spacial score (nSPS) is 28.1. The maximum absolute atomic E-state index is 14.0. The first-order valence-corrected chi connectivity index (χ1v) is 11.7. The van der Waals surface area contributed by atoms with Crippen LogP contribution in [0.2, 0.25) is 0 Å². The lowest BCUT2D eigenvalue weighted by Gasteiger charge is -2.48. The van der Waals surface area contributed by atoms with E-state index < -0.39 is 0 Å². The van der Waals surface area contributed by atoms with Gasteiger partial charge in [0.05, 0.1) is 25.3 Å². The molecule has 2 amide bonds. The lowest BCUT2D eigenvalue weighted by molar-refractivity contribution is 0.0655. The zero-order chi connectivity index (χ0) is 23.2. The number of halogens is 1. The average molecular weight is 457 g/mol. The number of anilines is 2. The van der Waals surface area contributed by atoms with Crippen molar-refractivity contribution < 1.29 is 13.9 Å². The van der Waals surface area contributed by atoms with Crippen molar-refractivity contribution in [3.05, 3.63) is 41.7 Å². The van der Waals surface area contributed by atoms with Crippen molar-refractivity contribution in [2.45, 2.75) is 36.8 Å². The first-order chi connectivity index (χ1) is 15.8. The Kier molecular flexibility index (Phi) is 5.56. The van der Waals surface area contributed by atoms with Crippen molar-refractivity contribution in [2.75, 3.05) is 56.7 Å². The van der Waals surface area contributed by atoms with E-state index in [-0.39, 0.29) is 22.9 Å². The second-order valence-corrected chi connectivity index (χ2v) is 9.82. The smallest absolute Gasteiger partial charge is 0.323 e.